The van der Waals surface area contributed by atoms with Crippen LogP contribution in [0.25, 0.3) is 22.5 Å². The summed E-state index contributed by atoms with van der Waals surface area (Å²) in [7, 11) is 0. The molecule has 0 radical (unpaired) electrons. The molecule has 7 rings (SSSR count). The number of amides is 1. The Labute approximate surface area is 338 Å². The van der Waals surface area contributed by atoms with Crippen LogP contribution in [0.5, 0.6) is 0 Å². The smallest absolute Gasteiger partial charge is 0.409 e. The van der Waals surface area contributed by atoms with Crippen molar-refractivity contribution < 1.29 is 19.1 Å². The van der Waals surface area contributed by atoms with E-state index < -0.39 is 28.9 Å². The van der Waals surface area contributed by atoms with Gasteiger partial charge in [-0.05, 0) is 83.1 Å². The molecule has 0 aliphatic rings. The SMILES string of the molecule is CC(C)(C)OC(=O)NC(C)(NCc1ccc(-c2ccccc2)c(-c2nnnn2C(c2ccccc2)(c2ccccc2)c2ccccc2)c1)C(=O)OCc1ccccc1. The highest BCUT2D eigenvalue weighted by atomic mass is 16.6. The Morgan fingerprint density at radius 2 is 1.14 bits per heavy atom. The first-order chi connectivity index (χ1) is 28.1. The van der Waals surface area contributed by atoms with Crippen molar-refractivity contribution in [3.63, 3.8) is 0 Å². The van der Waals surface area contributed by atoms with E-state index in [0.29, 0.717) is 5.82 Å². The average Bonchev–Trinajstić information content (AvgIpc) is 3.73. The maximum Gasteiger partial charge on any atom is 0.409 e. The van der Waals surface area contributed by atoms with Gasteiger partial charge >= 0.3 is 12.1 Å². The van der Waals surface area contributed by atoms with Gasteiger partial charge < -0.3 is 9.47 Å². The fourth-order valence-electron chi connectivity index (χ4n) is 7.06. The Kier molecular flexibility index (Phi) is 11.6. The zero-order valence-corrected chi connectivity index (χ0v) is 33.0. The van der Waals surface area contributed by atoms with E-state index in [1.807, 2.05) is 138 Å². The number of carbonyl (C=O) groups excluding carboxylic acids is 2. The lowest BCUT2D eigenvalue weighted by Gasteiger charge is -2.36. The van der Waals surface area contributed by atoms with Crippen LogP contribution in [0.2, 0.25) is 0 Å². The average molecular weight is 771 g/mol. The second-order valence-corrected chi connectivity index (χ2v) is 15.1. The monoisotopic (exact) mass is 770 g/mol. The third-order valence-corrected chi connectivity index (χ3v) is 9.79. The number of nitrogens with one attached hydrogen (secondary N) is 2. The summed E-state index contributed by atoms with van der Waals surface area (Å²) in [5.74, 6) is -0.153. The molecule has 1 heterocycles. The van der Waals surface area contributed by atoms with Gasteiger partial charge in [0.15, 0.2) is 11.5 Å². The molecule has 292 valence electrons. The molecule has 1 unspecified atom stereocenters. The maximum atomic E-state index is 13.8. The lowest BCUT2D eigenvalue weighted by Crippen LogP contribution is -2.62. The molecular weight excluding hydrogens is 725 g/mol. The van der Waals surface area contributed by atoms with Crippen LogP contribution in [0.1, 0.15) is 55.5 Å². The zero-order valence-electron chi connectivity index (χ0n) is 33.0. The van der Waals surface area contributed by atoms with Crippen LogP contribution in [0.4, 0.5) is 4.79 Å². The van der Waals surface area contributed by atoms with Crippen LogP contribution in [0.15, 0.2) is 170 Å². The zero-order chi connectivity index (χ0) is 40.6. The van der Waals surface area contributed by atoms with Crippen molar-refractivity contribution in [1.82, 2.24) is 30.8 Å². The van der Waals surface area contributed by atoms with Gasteiger partial charge in [-0.3, -0.25) is 10.6 Å². The van der Waals surface area contributed by atoms with E-state index in [1.54, 1.807) is 27.7 Å². The molecule has 0 aliphatic heterocycles. The van der Waals surface area contributed by atoms with Gasteiger partial charge in [0, 0.05) is 12.1 Å². The Balaban J connectivity index is 1.34. The van der Waals surface area contributed by atoms with Crippen molar-refractivity contribution in [3.8, 4) is 22.5 Å². The molecule has 0 spiro atoms. The van der Waals surface area contributed by atoms with Crippen LogP contribution in [0.3, 0.4) is 0 Å². The fourth-order valence-corrected chi connectivity index (χ4v) is 7.06. The van der Waals surface area contributed by atoms with Crippen LogP contribution in [-0.4, -0.2) is 43.5 Å². The highest BCUT2D eigenvalue weighted by Gasteiger charge is 2.42. The number of hydrogen-bond acceptors (Lipinski definition) is 8. The summed E-state index contributed by atoms with van der Waals surface area (Å²) in [6.45, 7) is 7.02. The van der Waals surface area contributed by atoms with E-state index in [9.17, 15) is 9.59 Å². The van der Waals surface area contributed by atoms with Gasteiger partial charge in [0.25, 0.3) is 0 Å². The van der Waals surface area contributed by atoms with Crippen molar-refractivity contribution in [2.24, 2.45) is 0 Å². The largest absolute Gasteiger partial charge is 0.458 e. The third-order valence-electron chi connectivity index (χ3n) is 9.79. The van der Waals surface area contributed by atoms with Gasteiger partial charge in [-0.1, -0.05) is 164 Å². The number of ether oxygens (including phenoxy) is 2. The van der Waals surface area contributed by atoms with Crippen molar-refractivity contribution in [2.45, 2.75) is 57.6 Å². The first kappa shape index (κ1) is 39.3. The van der Waals surface area contributed by atoms with Crippen LogP contribution in [-0.2, 0) is 33.0 Å². The molecule has 0 bridgehead atoms. The van der Waals surface area contributed by atoms with Crippen molar-refractivity contribution in [3.05, 3.63) is 198 Å². The van der Waals surface area contributed by atoms with Gasteiger partial charge in [-0.25, -0.2) is 14.3 Å². The molecule has 10 heteroatoms. The Morgan fingerprint density at radius 1 is 0.621 bits per heavy atom. The number of aromatic nitrogens is 4. The summed E-state index contributed by atoms with van der Waals surface area (Å²) in [5.41, 5.74) is 3.71. The third kappa shape index (κ3) is 8.57. The highest BCUT2D eigenvalue weighted by molar-refractivity contribution is 5.85. The summed E-state index contributed by atoms with van der Waals surface area (Å²) >= 11 is 0. The van der Waals surface area contributed by atoms with Crippen molar-refractivity contribution in [2.75, 3.05) is 0 Å². The maximum absolute atomic E-state index is 13.8. The summed E-state index contributed by atoms with van der Waals surface area (Å²) in [6, 6.07) is 56.2. The minimum atomic E-state index is -1.67. The van der Waals surface area contributed by atoms with E-state index in [1.165, 1.54) is 0 Å². The number of tetrazole rings is 1. The number of benzene rings is 6. The van der Waals surface area contributed by atoms with Crippen LogP contribution >= 0.6 is 0 Å². The van der Waals surface area contributed by atoms with Crippen molar-refractivity contribution >= 4 is 12.1 Å². The van der Waals surface area contributed by atoms with E-state index in [4.69, 9.17) is 19.8 Å². The fraction of sp³-hybridized carbons (Fsp3) is 0.188. The van der Waals surface area contributed by atoms with Crippen LogP contribution < -0.4 is 10.6 Å². The number of carbonyl (C=O) groups is 2. The molecule has 0 saturated carbocycles. The molecule has 10 nitrogen and oxygen atoms in total. The molecule has 58 heavy (non-hydrogen) atoms. The van der Waals surface area contributed by atoms with E-state index in [0.717, 1.165) is 44.5 Å². The highest BCUT2D eigenvalue weighted by Crippen LogP contribution is 2.43. The van der Waals surface area contributed by atoms with E-state index >= 15 is 0 Å². The summed E-state index contributed by atoms with van der Waals surface area (Å²) in [5, 5.41) is 19.9. The number of esters is 1. The lowest BCUT2D eigenvalue weighted by molar-refractivity contribution is -0.154. The normalized spacial score (nSPS) is 12.6. The molecule has 1 atom stereocenters. The standard InChI is InChI=1S/C48H46N6O4/c1-46(2,3)58-45(56)50-47(4,44(55)57-34-35-20-10-5-11-21-35)49-33-36-30-31-41(37-22-12-6-13-23-37)42(32-36)43-51-52-53-54(43)48(38-24-14-7-15-25-38,39-26-16-8-17-27-39)40-28-18-9-19-29-40/h5-32,49H,33-34H2,1-4H3,(H,50,56). The molecule has 6 aromatic carbocycles. The first-order valence-electron chi connectivity index (χ1n) is 19.2. The second-order valence-electron chi connectivity index (χ2n) is 15.1. The lowest BCUT2D eigenvalue weighted by atomic mass is 9.77. The number of hydrogen-bond donors (Lipinski definition) is 2. The van der Waals surface area contributed by atoms with Crippen molar-refractivity contribution in [1.29, 1.82) is 0 Å². The Morgan fingerprint density at radius 3 is 1.67 bits per heavy atom. The Bertz CT molecular complexity index is 2340. The molecule has 7 aromatic rings. The molecule has 1 aromatic heterocycles. The van der Waals surface area contributed by atoms with Gasteiger partial charge in [0.1, 0.15) is 17.7 Å². The molecule has 2 N–H and O–H groups in total. The molecule has 0 saturated heterocycles. The van der Waals surface area contributed by atoms with Gasteiger partial charge in [0.2, 0.25) is 0 Å². The summed E-state index contributed by atoms with van der Waals surface area (Å²) < 4.78 is 13.2. The minimum absolute atomic E-state index is 0.0253. The topological polar surface area (TPSA) is 120 Å². The number of rotatable bonds is 13. The molecule has 0 aliphatic carbocycles. The second kappa shape index (κ2) is 17.1. The molecule has 1 amide bonds. The van der Waals surface area contributed by atoms with E-state index in [2.05, 4.69) is 52.2 Å². The molecule has 0 fully saturated rings. The number of alkyl carbamates (subject to hydrolysis) is 1. The summed E-state index contributed by atoms with van der Waals surface area (Å²) in [4.78, 5) is 27.0. The first-order valence-corrected chi connectivity index (χ1v) is 19.2. The van der Waals surface area contributed by atoms with E-state index in [-0.39, 0.29) is 13.2 Å². The predicted molar refractivity (Wildman–Crippen MR) is 224 cm³/mol. The Hall–Kier alpha value is -6.91. The minimum Gasteiger partial charge on any atom is -0.458 e. The van der Waals surface area contributed by atoms with Gasteiger partial charge in [-0.15, -0.1) is 5.10 Å². The quantitative estimate of drug-likeness (QED) is 0.0678. The van der Waals surface area contributed by atoms with Crippen LogP contribution in [0, 0.1) is 0 Å². The summed E-state index contributed by atoms with van der Waals surface area (Å²) in [6.07, 6.45) is -0.766. The van der Waals surface area contributed by atoms with Gasteiger partial charge in [-0.2, -0.15) is 0 Å². The number of nitrogens with zero attached hydrogens (tertiary/aromatic N) is 4. The van der Waals surface area contributed by atoms with Gasteiger partial charge in [0.05, 0.1) is 0 Å². The molecular formula is C48H46N6O4. The predicted octanol–water partition coefficient (Wildman–Crippen LogP) is 8.92.